The Kier molecular flexibility index (Phi) is 4.59. The fourth-order valence-electron chi connectivity index (χ4n) is 1.18. The second-order valence-corrected chi connectivity index (χ2v) is 5.32. The van der Waals surface area contributed by atoms with E-state index in [1.165, 1.54) is 7.11 Å². The van der Waals surface area contributed by atoms with E-state index in [9.17, 15) is 4.79 Å². The molecule has 0 amide bonds. The summed E-state index contributed by atoms with van der Waals surface area (Å²) in [6.45, 7) is 8.67. The summed E-state index contributed by atoms with van der Waals surface area (Å²) in [5.74, 6) is -0.204. The molecule has 14 heavy (non-hydrogen) atoms. The van der Waals surface area contributed by atoms with Crippen molar-refractivity contribution in [2.24, 2.45) is 16.6 Å². The predicted octanol–water partition coefficient (Wildman–Crippen LogP) is 1.95. The van der Waals surface area contributed by atoms with E-state index in [4.69, 9.17) is 10.5 Å². The molecular weight excluding hydrogens is 178 g/mol. The fraction of sp³-hybridized carbons (Fsp3) is 0.909. The fourth-order valence-corrected chi connectivity index (χ4v) is 1.18. The van der Waals surface area contributed by atoms with Gasteiger partial charge in [0.25, 0.3) is 0 Å². The van der Waals surface area contributed by atoms with Gasteiger partial charge in [-0.25, -0.2) is 0 Å². The summed E-state index contributed by atoms with van der Waals surface area (Å²) in [5, 5.41) is 0. The number of rotatable bonds is 4. The first kappa shape index (κ1) is 13.4. The predicted molar refractivity (Wildman–Crippen MR) is 57.9 cm³/mol. The van der Waals surface area contributed by atoms with E-state index in [-0.39, 0.29) is 11.4 Å². The smallest absolute Gasteiger partial charge is 0.312 e. The number of nitrogens with two attached hydrogens (primary N) is 1. The third-order valence-corrected chi connectivity index (χ3v) is 2.56. The van der Waals surface area contributed by atoms with Crippen LogP contribution in [0.3, 0.4) is 0 Å². The molecule has 0 spiro atoms. The van der Waals surface area contributed by atoms with E-state index in [0.29, 0.717) is 6.54 Å². The van der Waals surface area contributed by atoms with Crippen LogP contribution in [0.25, 0.3) is 0 Å². The summed E-state index contributed by atoms with van der Waals surface area (Å²) in [4.78, 5) is 11.5. The molecule has 3 nitrogen and oxygen atoms in total. The molecule has 2 N–H and O–H groups in total. The molecule has 0 saturated carbocycles. The SMILES string of the molecule is COC(=O)C(C)(CN)CCC(C)(C)C. The molecule has 0 aromatic carbocycles. The molecule has 0 heterocycles. The van der Waals surface area contributed by atoms with Crippen LogP contribution in [0, 0.1) is 10.8 Å². The van der Waals surface area contributed by atoms with Crippen molar-refractivity contribution >= 4 is 5.97 Å². The van der Waals surface area contributed by atoms with Gasteiger partial charge < -0.3 is 10.5 Å². The Hall–Kier alpha value is -0.570. The molecular formula is C11H23NO2. The first-order chi connectivity index (χ1) is 6.25. The van der Waals surface area contributed by atoms with Gasteiger partial charge in [0.1, 0.15) is 0 Å². The molecule has 1 atom stereocenters. The molecule has 0 radical (unpaired) electrons. The Bertz CT molecular complexity index is 196. The third-order valence-electron chi connectivity index (χ3n) is 2.56. The first-order valence-corrected chi connectivity index (χ1v) is 5.04. The highest BCUT2D eigenvalue weighted by molar-refractivity contribution is 5.76. The van der Waals surface area contributed by atoms with Crippen LogP contribution in [-0.2, 0) is 9.53 Å². The lowest BCUT2D eigenvalue weighted by Crippen LogP contribution is -2.37. The van der Waals surface area contributed by atoms with Crippen LogP contribution in [0.2, 0.25) is 0 Å². The quantitative estimate of drug-likeness (QED) is 0.707. The van der Waals surface area contributed by atoms with Crippen molar-refractivity contribution in [1.29, 1.82) is 0 Å². The van der Waals surface area contributed by atoms with Crippen molar-refractivity contribution in [3.63, 3.8) is 0 Å². The zero-order valence-corrected chi connectivity index (χ0v) is 10.0. The maximum Gasteiger partial charge on any atom is 0.312 e. The number of ether oxygens (including phenoxy) is 1. The van der Waals surface area contributed by atoms with Gasteiger partial charge in [0.2, 0.25) is 0 Å². The van der Waals surface area contributed by atoms with Gasteiger partial charge >= 0.3 is 5.97 Å². The molecule has 0 aromatic rings. The van der Waals surface area contributed by atoms with E-state index >= 15 is 0 Å². The summed E-state index contributed by atoms with van der Waals surface area (Å²) in [6, 6.07) is 0. The summed E-state index contributed by atoms with van der Waals surface area (Å²) in [6.07, 6.45) is 1.75. The van der Waals surface area contributed by atoms with Gasteiger partial charge in [-0.15, -0.1) is 0 Å². The molecule has 0 rings (SSSR count). The number of esters is 1. The zero-order valence-electron chi connectivity index (χ0n) is 10.0. The van der Waals surface area contributed by atoms with Gasteiger partial charge in [0.15, 0.2) is 0 Å². The van der Waals surface area contributed by atoms with Crippen LogP contribution in [0.1, 0.15) is 40.5 Å². The Morgan fingerprint density at radius 3 is 2.00 bits per heavy atom. The molecule has 0 bridgehead atoms. The highest BCUT2D eigenvalue weighted by Gasteiger charge is 2.33. The van der Waals surface area contributed by atoms with Crippen LogP contribution in [0.5, 0.6) is 0 Å². The lowest BCUT2D eigenvalue weighted by Gasteiger charge is -2.28. The lowest BCUT2D eigenvalue weighted by molar-refractivity contribution is -0.151. The van der Waals surface area contributed by atoms with E-state index in [1.807, 2.05) is 6.92 Å². The summed E-state index contributed by atoms with van der Waals surface area (Å²) < 4.78 is 4.75. The van der Waals surface area contributed by atoms with Crippen molar-refractivity contribution in [2.75, 3.05) is 13.7 Å². The average Bonchev–Trinajstić information content (AvgIpc) is 2.11. The molecule has 0 fully saturated rings. The normalized spacial score (nSPS) is 16.1. The topological polar surface area (TPSA) is 52.3 Å². The number of hydrogen-bond acceptors (Lipinski definition) is 3. The second-order valence-electron chi connectivity index (χ2n) is 5.32. The van der Waals surface area contributed by atoms with Crippen molar-refractivity contribution in [3.05, 3.63) is 0 Å². The van der Waals surface area contributed by atoms with E-state index in [0.717, 1.165) is 12.8 Å². The number of carbonyl (C=O) groups excluding carboxylic acids is 1. The minimum Gasteiger partial charge on any atom is -0.469 e. The zero-order chi connectivity index (χ0) is 11.4. The van der Waals surface area contributed by atoms with Crippen LogP contribution in [0.4, 0.5) is 0 Å². The van der Waals surface area contributed by atoms with Crippen LogP contribution < -0.4 is 5.73 Å². The Balaban J connectivity index is 4.34. The molecule has 0 aliphatic carbocycles. The molecule has 1 unspecified atom stereocenters. The van der Waals surface area contributed by atoms with Crippen molar-refractivity contribution in [1.82, 2.24) is 0 Å². The summed E-state index contributed by atoms with van der Waals surface area (Å²) in [7, 11) is 1.41. The number of carbonyl (C=O) groups is 1. The summed E-state index contributed by atoms with van der Waals surface area (Å²) in [5.41, 5.74) is 5.31. The molecule has 0 aliphatic heterocycles. The van der Waals surface area contributed by atoms with Crippen molar-refractivity contribution in [3.8, 4) is 0 Å². The largest absolute Gasteiger partial charge is 0.469 e. The van der Waals surface area contributed by atoms with E-state index in [2.05, 4.69) is 20.8 Å². The molecule has 0 saturated heterocycles. The molecule has 3 heteroatoms. The monoisotopic (exact) mass is 201 g/mol. The van der Waals surface area contributed by atoms with Crippen LogP contribution in [-0.4, -0.2) is 19.6 Å². The minimum absolute atomic E-state index is 0.204. The minimum atomic E-state index is -0.526. The second kappa shape index (κ2) is 4.78. The highest BCUT2D eigenvalue weighted by Crippen LogP contribution is 2.30. The maximum absolute atomic E-state index is 11.5. The Labute approximate surface area is 87.0 Å². The lowest BCUT2D eigenvalue weighted by atomic mass is 9.79. The summed E-state index contributed by atoms with van der Waals surface area (Å²) >= 11 is 0. The highest BCUT2D eigenvalue weighted by atomic mass is 16.5. The van der Waals surface area contributed by atoms with Gasteiger partial charge in [0, 0.05) is 6.54 Å². The van der Waals surface area contributed by atoms with Gasteiger partial charge in [-0.2, -0.15) is 0 Å². The number of hydrogen-bond donors (Lipinski definition) is 1. The maximum atomic E-state index is 11.5. The standard InChI is InChI=1S/C11H23NO2/c1-10(2,3)6-7-11(4,8-12)9(13)14-5/h6-8,12H2,1-5H3. The first-order valence-electron chi connectivity index (χ1n) is 5.04. The Morgan fingerprint density at radius 2 is 1.71 bits per heavy atom. The van der Waals surface area contributed by atoms with E-state index < -0.39 is 5.41 Å². The van der Waals surface area contributed by atoms with Gasteiger partial charge in [-0.05, 0) is 25.2 Å². The Morgan fingerprint density at radius 1 is 1.21 bits per heavy atom. The van der Waals surface area contributed by atoms with Gasteiger partial charge in [-0.3, -0.25) is 4.79 Å². The number of methoxy groups -OCH3 is 1. The molecule has 0 aliphatic rings. The van der Waals surface area contributed by atoms with E-state index in [1.54, 1.807) is 0 Å². The molecule has 0 aromatic heterocycles. The van der Waals surface area contributed by atoms with Crippen LogP contribution >= 0.6 is 0 Å². The third kappa shape index (κ3) is 4.09. The van der Waals surface area contributed by atoms with Gasteiger partial charge in [0.05, 0.1) is 12.5 Å². The van der Waals surface area contributed by atoms with Crippen molar-refractivity contribution < 1.29 is 9.53 Å². The average molecular weight is 201 g/mol. The van der Waals surface area contributed by atoms with Gasteiger partial charge in [-0.1, -0.05) is 20.8 Å². The van der Waals surface area contributed by atoms with Crippen LogP contribution in [0.15, 0.2) is 0 Å². The molecule has 84 valence electrons. The van der Waals surface area contributed by atoms with Crippen molar-refractivity contribution in [2.45, 2.75) is 40.5 Å².